The van der Waals surface area contributed by atoms with Gasteiger partial charge in [0, 0.05) is 37.9 Å². The maximum atomic E-state index is 12.6. The van der Waals surface area contributed by atoms with E-state index in [0.29, 0.717) is 12.8 Å². The van der Waals surface area contributed by atoms with Crippen LogP contribution in [0, 0.1) is 5.92 Å². The van der Waals surface area contributed by atoms with Crippen molar-refractivity contribution in [2.24, 2.45) is 5.92 Å². The molecule has 2 aromatic rings. The van der Waals surface area contributed by atoms with Gasteiger partial charge in [-0.05, 0) is 18.4 Å². The third-order valence-corrected chi connectivity index (χ3v) is 4.26. The molecule has 22 heavy (non-hydrogen) atoms. The van der Waals surface area contributed by atoms with Crippen molar-refractivity contribution in [3.63, 3.8) is 0 Å². The van der Waals surface area contributed by atoms with Crippen molar-refractivity contribution in [2.45, 2.75) is 31.8 Å². The number of aliphatic hydroxyl groups excluding tert-OH is 1. The third kappa shape index (κ3) is 3.20. The van der Waals surface area contributed by atoms with E-state index >= 15 is 0 Å². The maximum absolute atomic E-state index is 12.6. The molecule has 1 aliphatic heterocycles. The molecular weight excluding hydrogens is 278 g/mol. The van der Waals surface area contributed by atoms with Crippen molar-refractivity contribution in [1.29, 1.82) is 0 Å². The van der Waals surface area contributed by atoms with Crippen molar-refractivity contribution in [1.82, 2.24) is 14.9 Å². The van der Waals surface area contributed by atoms with Crippen molar-refractivity contribution in [2.75, 3.05) is 6.61 Å². The van der Waals surface area contributed by atoms with Crippen LogP contribution in [0.25, 0.3) is 0 Å². The first-order valence-electron chi connectivity index (χ1n) is 7.74. The Kier molecular flexibility index (Phi) is 4.53. The standard InChI is InChI=1S/C17H21N3O2/c21-11-7-15(13-4-2-1-3-5-13)19-17(22)14-6-9-20-10-8-18-16(20)12-14/h1-5,8,10,14-15,21H,6-7,9,11-12H2,(H,19,22). The van der Waals surface area contributed by atoms with Crippen molar-refractivity contribution in [3.05, 3.63) is 54.1 Å². The molecule has 1 amide bonds. The molecule has 1 aromatic carbocycles. The number of carbonyl (C=O) groups is 1. The van der Waals surface area contributed by atoms with Gasteiger partial charge >= 0.3 is 0 Å². The van der Waals surface area contributed by atoms with Gasteiger partial charge in [0.25, 0.3) is 0 Å². The van der Waals surface area contributed by atoms with Gasteiger partial charge in [-0.15, -0.1) is 0 Å². The molecular formula is C17H21N3O2. The lowest BCUT2D eigenvalue weighted by atomic mass is 9.95. The lowest BCUT2D eigenvalue weighted by Crippen LogP contribution is -2.37. The van der Waals surface area contributed by atoms with Crippen molar-refractivity contribution in [3.8, 4) is 0 Å². The summed E-state index contributed by atoms with van der Waals surface area (Å²) >= 11 is 0. The van der Waals surface area contributed by atoms with E-state index in [1.807, 2.05) is 36.5 Å². The molecule has 0 fully saturated rings. The highest BCUT2D eigenvalue weighted by molar-refractivity contribution is 5.79. The van der Waals surface area contributed by atoms with Crippen LogP contribution in [0.2, 0.25) is 0 Å². The highest BCUT2D eigenvalue weighted by Crippen LogP contribution is 2.22. The molecule has 116 valence electrons. The number of hydrogen-bond donors (Lipinski definition) is 2. The topological polar surface area (TPSA) is 67.2 Å². The van der Waals surface area contributed by atoms with E-state index in [1.54, 1.807) is 6.20 Å². The summed E-state index contributed by atoms with van der Waals surface area (Å²) in [6.45, 7) is 0.887. The van der Waals surface area contributed by atoms with Gasteiger partial charge in [0.05, 0.1) is 6.04 Å². The van der Waals surface area contributed by atoms with Crippen LogP contribution in [0.5, 0.6) is 0 Å². The van der Waals surface area contributed by atoms with E-state index in [0.717, 1.165) is 24.4 Å². The monoisotopic (exact) mass is 299 g/mol. The van der Waals surface area contributed by atoms with Gasteiger partial charge in [-0.1, -0.05) is 30.3 Å². The number of aliphatic hydroxyl groups is 1. The van der Waals surface area contributed by atoms with Gasteiger partial charge in [0.2, 0.25) is 5.91 Å². The van der Waals surface area contributed by atoms with E-state index in [2.05, 4.69) is 14.9 Å². The van der Waals surface area contributed by atoms with Gasteiger partial charge in [0.15, 0.2) is 0 Å². The first kappa shape index (κ1) is 14.8. The predicted octanol–water partition coefficient (Wildman–Crippen LogP) is 1.69. The van der Waals surface area contributed by atoms with Gasteiger partial charge < -0.3 is 15.0 Å². The molecule has 2 heterocycles. The molecule has 5 nitrogen and oxygen atoms in total. The summed E-state index contributed by atoms with van der Waals surface area (Å²) in [5.74, 6) is 0.987. The second-order valence-electron chi connectivity index (χ2n) is 5.71. The van der Waals surface area contributed by atoms with Crippen LogP contribution in [-0.2, 0) is 17.8 Å². The highest BCUT2D eigenvalue weighted by atomic mass is 16.3. The van der Waals surface area contributed by atoms with Gasteiger partial charge in [-0.2, -0.15) is 0 Å². The lowest BCUT2D eigenvalue weighted by Gasteiger charge is -2.25. The highest BCUT2D eigenvalue weighted by Gasteiger charge is 2.27. The predicted molar refractivity (Wildman–Crippen MR) is 83.1 cm³/mol. The number of rotatable bonds is 5. The number of amides is 1. The zero-order valence-electron chi connectivity index (χ0n) is 12.5. The summed E-state index contributed by atoms with van der Waals surface area (Å²) in [7, 11) is 0. The molecule has 2 unspecified atom stereocenters. The summed E-state index contributed by atoms with van der Waals surface area (Å²) in [6.07, 6.45) is 5.78. The molecule has 2 N–H and O–H groups in total. The summed E-state index contributed by atoms with van der Waals surface area (Å²) in [6, 6.07) is 9.66. The van der Waals surface area contributed by atoms with Crippen LogP contribution < -0.4 is 5.32 Å². The minimum Gasteiger partial charge on any atom is -0.396 e. The van der Waals surface area contributed by atoms with E-state index in [1.165, 1.54) is 0 Å². The Morgan fingerprint density at radius 2 is 2.23 bits per heavy atom. The quantitative estimate of drug-likeness (QED) is 0.883. The number of nitrogens with one attached hydrogen (secondary N) is 1. The summed E-state index contributed by atoms with van der Waals surface area (Å²) in [5, 5.41) is 12.3. The second kappa shape index (κ2) is 6.75. The minimum atomic E-state index is -0.139. The summed E-state index contributed by atoms with van der Waals surface area (Å²) in [5.41, 5.74) is 1.03. The molecule has 2 atom stereocenters. The zero-order chi connectivity index (χ0) is 15.4. The van der Waals surface area contributed by atoms with Crippen LogP contribution in [0.1, 0.15) is 30.3 Å². The molecule has 1 aliphatic rings. The number of fused-ring (bicyclic) bond motifs is 1. The fraction of sp³-hybridized carbons (Fsp3) is 0.412. The summed E-state index contributed by atoms with van der Waals surface area (Å²) < 4.78 is 2.10. The molecule has 0 aliphatic carbocycles. The van der Waals surface area contributed by atoms with Crippen LogP contribution in [0.15, 0.2) is 42.7 Å². The Hall–Kier alpha value is -2.14. The smallest absolute Gasteiger partial charge is 0.224 e. The van der Waals surface area contributed by atoms with Crippen LogP contribution in [0.3, 0.4) is 0 Å². The largest absolute Gasteiger partial charge is 0.396 e. The van der Waals surface area contributed by atoms with Crippen molar-refractivity contribution < 1.29 is 9.90 Å². The number of aromatic nitrogens is 2. The number of carbonyl (C=O) groups excluding carboxylic acids is 1. The average Bonchev–Trinajstić information content (AvgIpc) is 3.02. The van der Waals surface area contributed by atoms with Crippen LogP contribution >= 0.6 is 0 Å². The first-order valence-corrected chi connectivity index (χ1v) is 7.74. The maximum Gasteiger partial charge on any atom is 0.224 e. The Morgan fingerprint density at radius 3 is 3.00 bits per heavy atom. The SMILES string of the molecule is O=C(NC(CCO)c1ccccc1)C1CCn2ccnc2C1. The average molecular weight is 299 g/mol. The molecule has 0 saturated carbocycles. The van der Waals surface area contributed by atoms with E-state index in [9.17, 15) is 9.90 Å². The zero-order valence-corrected chi connectivity index (χ0v) is 12.5. The summed E-state index contributed by atoms with van der Waals surface area (Å²) in [4.78, 5) is 16.9. The third-order valence-electron chi connectivity index (χ3n) is 4.26. The van der Waals surface area contributed by atoms with Crippen LogP contribution in [0.4, 0.5) is 0 Å². The van der Waals surface area contributed by atoms with Gasteiger partial charge in [-0.25, -0.2) is 4.98 Å². The Balaban J connectivity index is 1.67. The normalized spacial score (nSPS) is 18.5. The van der Waals surface area contributed by atoms with Crippen molar-refractivity contribution >= 4 is 5.91 Å². The van der Waals surface area contributed by atoms with E-state index < -0.39 is 0 Å². The lowest BCUT2D eigenvalue weighted by molar-refractivity contribution is -0.126. The molecule has 0 spiro atoms. The second-order valence-corrected chi connectivity index (χ2v) is 5.71. The number of imidazole rings is 1. The van der Waals surface area contributed by atoms with E-state index in [4.69, 9.17) is 0 Å². The number of benzene rings is 1. The molecule has 5 heteroatoms. The molecule has 0 radical (unpaired) electrons. The molecule has 3 rings (SSSR count). The number of hydrogen-bond acceptors (Lipinski definition) is 3. The number of nitrogens with zero attached hydrogens (tertiary/aromatic N) is 2. The van der Waals surface area contributed by atoms with Gasteiger partial charge in [0.1, 0.15) is 5.82 Å². The Bertz CT molecular complexity index is 624. The first-order chi connectivity index (χ1) is 10.8. The fourth-order valence-corrected chi connectivity index (χ4v) is 3.00. The Labute approximate surface area is 130 Å². The molecule has 0 saturated heterocycles. The van der Waals surface area contributed by atoms with Gasteiger partial charge in [-0.3, -0.25) is 4.79 Å². The molecule has 1 aromatic heterocycles. The molecule has 0 bridgehead atoms. The minimum absolute atomic E-state index is 0.0418. The number of aryl methyl sites for hydroxylation is 1. The van der Waals surface area contributed by atoms with E-state index in [-0.39, 0.29) is 24.5 Å². The van der Waals surface area contributed by atoms with Crippen LogP contribution in [-0.4, -0.2) is 27.2 Å². The Morgan fingerprint density at radius 1 is 1.41 bits per heavy atom. The fourth-order valence-electron chi connectivity index (χ4n) is 3.00.